The summed E-state index contributed by atoms with van der Waals surface area (Å²) in [6.07, 6.45) is 0.837. The number of benzene rings is 3. The molecular formula is C22H21FN2O3S. The number of nitrogens with one attached hydrogen (secondary N) is 2. The van der Waals surface area contributed by atoms with Gasteiger partial charge in [-0.1, -0.05) is 31.2 Å². The van der Waals surface area contributed by atoms with E-state index in [1.54, 1.807) is 48.5 Å². The summed E-state index contributed by atoms with van der Waals surface area (Å²) in [5, 5.41) is 2.77. The zero-order chi connectivity index (χ0) is 20.9. The Morgan fingerprint density at radius 2 is 1.41 bits per heavy atom. The van der Waals surface area contributed by atoms with Gasteiger partial charge in [-0.3, -0.25) is 9.52 Å². The monoisotopic (exact) mass is 412 g/mol. The van der Waals surface area contributed by atoms with Crippen LogP contribution in [0.25, 0.3) is 11.1 Å². The standard InChI is InChI=1S/C22H21FN2O3S/c1-2-15-24-22(26)18-5-11-20(12-6-18)25-29(27,28)21-13-7-17(8-14-21)16-3-9-19(23)10-4-16/h3-14,25H,2,15H2,1H3,(H,24,26). The average Bonchev–Trinajstić information content (AvgIpc) is 2.73. The van der Waals surface area contributed by atoms with Gasteiger partial charge in [-0.05, 0) is 66.1 Å². The molecule has 0 heterocycles. The summed E-state index contributed by atoms with van der Waals surface area (Å²) in [6.45, 7) is 2.55. The summed E-state index contributed by atoms with van der Waals surface area (Å²) < 4.78 is 40.8. The number of amides is 1. The number of anilines is 1. The molecule has 0 bridgehead atoms. The largest absolute Gasteiger partial charge is 0.352 e. The fourth-order valence-corrected chi connectivity index (χ4v) is 3.77. The van der Waals surface area contributed by atoms with E-state index in [4.69, 9.17) is 0 Å². The van der Waals surface area contributed by atoms with E-state index in [1.807, 2.05) is 6.92 Å². The second-order valence-electron chi connectivity index (χ2n) is 6.47. The van der Waals surface area contributed by atoms with Crippen LogP contribution in [0.5, 0.6) is 0 Å². The number of rotatable bonds is 7. The molecule has 5 nitrogen and oxygen atoms in total. The molecule has 0 aliphatic heterocycles. The minimum Gasteiger partial charge on any atom is -0.352 e. The SMILES string of the molecule is CCCNC(=O)c1ccc(NS(=O)(=O)c2ccc(-c3ccc(F)cc3)cc2)cc1. The van der Waals surface area contributed by atoms with Crippen LogP contribution in [-0.4, -0.2) is 20.9 Å². The molecule has 0 saturated heterocycles. The minimum atomic E-state index is -3.78. The van der Waals surface area contributed by atoms with Gasteiger partial charge in [0, 0.05) is 17.8 Å². The van der Waals surface area contributed by atoms with E-state index in [2.05, 4.69) is 10.0 Å². The van der Waals surface area contributed by atoms with Gasteiger partial charge < -0.3 is 5.32 Å². The van der Waals surface area contributed by atoms with Crippen LogP contribution in [-0.2, 0) is 10.0 Å². The predicted octanol–water partition coefficient (Wildman–Crippen LogP) is 4.43. The first kappa shape index (κ1) is 20.5. The third-order valence-electron chi connectivity index (χ3n) is 4.28. The topological polar surface area (TPSA) is 75.3 Å². The molecule has 7 heteroatoms. The van der Waals surface area contributed by atoms with Crippen LogP contribution >= 0.6 is 0 Å². The van der Waals surface area contributed by atoms with Crippen molar-refractivity contribution >= 4 is 21.6 Å². The maximum atomic E-state index is 13.0. The van der Waals surface area contributed by atoms with Crippen molar-refractivity contribution in [3.8, 4) is 11.1 Å². The van der Waals surface area contributed by atoms with Crippen LogP contribution in [0.4, 0.5) is 10.1 Å². The summed E-state index contributed by atoms with van der Waals surface area (Å²) in [5.74, 6) is -0.524. The van der Waals surface area contributed by atoms with Crippen molar-refractivity contribution in [3.05, 3.63) is 84.2 Å². The van der Waals surface area contributed by atoms with Crippen LogP contribution in [0.1, 0.15) is 23.7 Å². The van der Waals surface area contributed by atoms with Crippen LogP contribution in [0, 0.1) is 5.82 Å². The van der Waals surface area contributed by atoms with Crippen LogP contribution in [0.2, 0.25) is 0 Å². The Hall–Kier alpha value is -3.19. The third-order valence-corrected chi connectivity index (χ3v) is 5.67. The number of sulfonamides is 1. The number of carbonyl (C=O) groups is 1. The lowest BCUT2D eigenvalue weighted by atomic mass is 10.1. The van der Waals surface area contributed by atoms with Crippen molar-refractivity contribution in [2.45, 2.75) is 18.2 Å². The molecule has 0 aromatic heterocycles. The number of carbonyl (C=O) groups excluding carboxylic acids is 1. The van der Waals surface area contributed by atoms with E-state index >= 15 is 0 Å². The van der Waals surface area contributed by atoms with Crippen molar-refractivity contribution in [1.29, 1.82) is 0 Å². The third kappa shape index (κ3) is 5.20. The molecule has 3 aromatic carbocycles. The molecule has 150 valence electrons. The van der Waals surface area contributed by atoms with Gasteiger partial charge in [0.15, 0.2) is 0 Å². The first-order valence-corrected chi connectivity index (χ1v) is 10.6. The molecule has 0 spiro atoms. The Morgan fingerprint density at radius 1 is 0.862 bits per heavy atom. The summed E-state index contributed by atoms with van der Waals surface area (Å²) >= 11 is 0. The van der Waals surface area contributed by atoms with E-state index in [-0.39, 0.29) is 16.6 Å². The van der Waals surface area contributed by atoms with Crippen molar-refractivity contribution in [2.75, 3.05) is 11.3 Å². The molecule has 0 aliphatic carbocycles. The molecule has 29 heavy (non-hydrogen) atoms. The van der Waals surface area contributed by atoms with Gasteiger partial charge >= 0.3 is 0 Å². The van der Waals surface area contributed by atoms with Crippen molar-refractivity contribution in [3.63, 3.8) is 0 Å². The molecule has 3 aromatic rings. The summed E-state index contributed by atoms with van der Waals surface area (Å²) in [6, 6.07) is 18.5. The van der Waals surface area contributed by atoms with Crippen LogP contribution < -0.4 is 10.0 Å². The van der Waals surface area contributed by atoms with Crippen LogP contribution in [0.15, 0.2) is 77.7 Å². The molecule has 0 fully saturated rings. The van der Waals surface area contributed by atoms with Gasteiger partial charge in [0.05, 0.1) is 4.90 Å². The Bertz CT molecular complexity index is 1080. The van der Waals surface area contributed by atoms with E-state index in [0.29, 0.717) is 17.8 Å². The lowest BCUT2D eigenvalue weighted by molar-refractivity contribution is 0.0953. The smallest absolute Gasteiger partial charge is 0.261 e. The molecule has 2 N–H and O–H groups in total. The summed E-state index contributed by atoms with van der Waals surface area (Å²) in [4.78, 5) is 12.0. The van der Waals surface area contributed by atoms with Crippen molar-refractivity contribution < 1.29 is 17.6 Å². The Morgan fingerprint density at radius 3 is 1.97 bits per heavy atom. The van der Waals surface area contributed by atoms with Gasteiger partial charge in [-0.25, -0.2) is 12.8 Å². The Labute approximate surface area is 169 Å². The van der Waals surface area contributed by atoms with Gasteiger partial charge in [0.1, 0.15) is 5.82 Å². The van der Waals surface area contributed by atoms with Gasteiger partial charge in [-0.2, -0.15) is 0 Å². The molecule has 0 unspecified atom stereocenters. The molecule has 3 rings (SSSR count). The fourth-order valence-electron chi connectivity index (χ4n) is 2.71. The maximum absolute atomic E-state index is 13.0. The first-order valence-electron chi connectivity index (χ1n) is 9.16. The number of hydrogen-bond donors (Lipinski definition) is 2. The lowest BCUT2D eigenvalue weighted by Gasteiger charge is -2.10. The highest BCUT2D eigenvalue weighted by Gasteiger charge is 2.15. The zero-order valence-electron chi connectivity index (χ0n) is 15.9. The second-order valence-corrected chi connectivity index (χ2v) is 8.15. The van der Waals surface area contributed by atoms with E-state index < -0.39 is 10.0 Å². The summed E-state index contributed by atoms with van der Waals surface area (Å²) in [5.41, 5.74) is 2.40. The molecular weight excluding hydrogens is 391 g/mol. The highest BCUT2D eigenvalue weighted by molar-refractivity contribution is 7.92. The average molecular weight is 412 g/mol. The van der Waals surface area contributed by atoms with E-state index in [9.17, 15) is 17.6 Å². The lowest BCUT2D eigenvalue weighted by Crippen LogP contribution is -2.23. The highest BCUT2D eigenvalue weighted by atomic mass is 32.2. The molecule has 0 aliphatic rings. The quantitative estimate of drug-likeness (QED) is 0.603. The first-order chi connectivity index (χ1) is 13.9. The normalized spacial score (nSPS) is 11.1. The molecule has 0 saturated carbocycles. The number of halogens is 1. The Balaban J connectivity index is 1.72. The van der Waals surface area contributed by atoms with E-state index in [0.717, 1.165) is 17.5 Å². The highest BCUT2D eigenvalue weighted by Crippen LogP contribution is 2.23. The number of hydrogen-bond acceptors (Lipinski definition) is 3. The minimum absolute atomic E-state index is 0.105. The molecule has 0 radical (unpaired) electrons. The van der Waals surface area contributed by atoms with Gasteiger partial charge in [0.25, 0.3) is 15.9 Å². The van der Waals surface area contributed by atoms with Crippen molar-refractivity contribution in [1.82, 2.24) is 5.32 Å². The zero-order valence-corrected chi connectivity index (χ0v) is 16.7. The molecule has 0 atom stereocenters. The van der Waals surface area contributed by atoms with Gasteiger partial charge in [0.2, 0.25) is 0 Å². The van der Waals surface area contributed by atoms with Crippen molar-refractivity contribution in [2.24, 2.45) is 0 Å². The predicted molar refractivity (Wildman–Crippen MR) is 112 cm³/mol. The summed E-state index contributed by atoms with van der Waals surface area (Å²) in [7, 11) is -3.78. The molecule has 1 amide bonds. The Kier molecular flexibility index (Phi) is 6.29. The maximum Gasteiger partial charge on any atom is 0.261 e. The second kappa shape index (κ2) is 8.87. The van der Waals surface area contributed by atoms with E-state index in [1.165, 1.54) is 24.3 Å². The van der Waals surface area contributed by atoms with Gasteiger partial charge in [-0.15, -0.1) is 0 Å². The fraction of sp³-hybridized carbons (Fsp3) is 0.136. The van der Waals surface area contributed by atoms with Crippen LogP contribution in [0.3, 0.4) is 0 Å².